The molecule has 90 valence electrons. The van der Waals surface area contributed by atoms with Gasteiger partial charge in [-0.2, -0.15) is 5.26 Å². The van der Waals surface area contributed by atoms with Crippen molar-refractivity contribution in [3.63, 3.8) is 0 Å². The summed E-state index contributed by atoms with van der Waals surface area (Å²) < 4.78 is 0. The lowest BCUT2D eigenvalue weighted by molar-refractivity contribution is 0.0415. The molecule has 3 nitrogen and oxygen atoms in total. The normalized spacial score (nSPS) is 33.5. The Hall–Kier alpha value is -0.590. The Bertz CT molecular complexity index is 252. The summed E-state index contributed by atoms with van der Waals surface area (Å²) in [4.78, 5) is 2.64. The minimum Gasteiger partial charge on any atom is -0.314 e. The van der Waals surface area contributed by atoms with Crippen LogP contribution in [0, 0.1) is 11.3 Å². The molecule has 0 aromatic heterocycles. The Kier molecular flexibility index (Phi) is 4.20. The molecule has 2 rings (SSSR count). The van der Waals surface area contributed by atoms with Crippen LogP contribution in [0.1, 0.15) is 45.4 Å². The van der Waals surface area contributed by atoms with Crippen molar-refractivity contribution < 1.29 is 0 Å². The molecule has 2 atom stereocenters. The highest BCUT2D eigenvalue weighted by atomic mass is 15.3. The molecule has 1 N–H and O–H groups in total. The molecule has 0 bridgehead atoms. The van der Waals surface area contributed by atoms with E-state index in [1.54, 1.807) is 0 Å². The highest BCUT2D eigenvalue weighted by Gasteiger charge is 2.33. The van der Waals surface area contributed by atoms with Crippen molar-refractivity contribution in [3.8, 4) is 6.07 Å². The minimum atomic E-state index is 0.442. The van der Waals surface area contributed by atoms with E-state index >= 15 is 0 Å². The Morgan fingerprint density at radius 2 is 2.00 bits per heavy atom. The first-order valence-electron chi connectivity index (χ1n) is 6.68. The lowest BCUT2D eigenvalue weighted by Crippen LogP contribution is -2.59. The topological polar surface area (TPSA) is 39.1 Å². The molecule has 1 saturated carbocycles. The highest BCUT2D eigenvalue weighted by molar-refractivity contribution is 4.94. The molecule has 16 heavy (non-hydrogen) atoms. The van der Waals surface area contributed by atoms with Crippen LogP contribution in [-0.4, -0.2) is 36.1 Å². The fourth-order valence-electron chi connectivity index (χ4n) is 3.35. The fourth-order valence-corrected chi connectivity index (χ4v) is 3.35. The van der Waals surface area contributed by atoms with Gasteiger partial charge in [-0.05, 0) is 19.8 Å². The zero-order valence-electron chi connectivity index (χ0n) is 10.3. The number of hydrogen-bond donors (Lipinski definition) is 1. The molecule has 3 heteroatoms. The lowest BCUT2D eigenvalue weighted by Gasteiger charge is -2.46. The molecule has 2 fully saturated rings. The summed E-state index contributed by atoms with van der Waals surface area (Å²) in [5.41, 5.74) is 0. The summed E-state index contributed by atoms with van der Waals surface area (Å²) in [7, 11) is 0. The van der Waals surface area contributed by atoms with Gasteiger partial charge < -0.3 is 5.32 Å². The first-order chi connectivity index (χ1) is 7.83. The van der Waals surface area contributed by atoms with Gasteiger partial charge in [-0.3, -0.25) is 4.90 Å². The van der Waals surface area contributed by atoms with Crippen LogP contribution in [0.5, 0.6) is 0 Å². The van der Waals surface area contributed by atoms with E-state index in [1.807, 2.05) is 0 Å². The monoisotopic (exact) mass is 221 g/mol. The molecule has 0 aromatic carbocycles. The molecule has 2 aliphatic rings. The summed E-state index contributed by atoms with van der Waals surface area (Å²) in [6.45, 7) is 4.37. The SMILES string of the molecule is CC1CNCC(CC#N)N1C1CCCCC1. The Labute approximate surface area is 98.8 Å². The van der Waals surface area contributed by atoms with E-state index in [0.29, 0.717) is 18.5 Å². The van der Waals surface area contributed by atoms with Gasteiger partial charge in [-0.1, -0.05) is 19.3 Å². The van der Waals surface area contributed by atoms with Crippen LogP contribution in [0.2, 0.25) is 0 Å². The van der Waals surface area contributed by atoms with Gasteiger partial charge in [0.05, 0.1) is 12.5 Å². The van der Waals surface area contributed by atoms with E-state index in [-0.39, 0.29) is 0 Å². The van der Waals surface area contributed by atoms with Gasteiger partial charge in [0, 0.05) is 31.2 Å². The summed E-state index contributed by atoms with van der Waals surface area (Å²) in [5, 5.41) is 12.4. The molecule has 0 radical (unpaired) electrons. The fraction of sp³-hybridized carbons (Fsp3) is 0.923. The summed E-state index contributed by atoms with van der Waals surface area (Å²) in [5.74, 6) is 0. The van der Waals surface area contributed by atoms with Crippen molar-refractivity contribution in [1.29, 1.82) is 5.26 Å². The van der Waals surface area contributed by atoms with Crippen molar-refractivity contribution in [2.45, 2.75) is 63.6 Å². The van der Waals surface area contributed by atoms with E-state index in [2.05, 4.69) is 23.2 Å². The molecule has 2 unspecified atom stereocenters. The number of piperazine rings is 1. The van der Waals surface area contributed by atoms with E-state index < -0.39 is 0 Å². The molecule has 1 saturated heterocycles. The number of rotatable bonds is 2. The second kappa shape index (κ2) is 5.65. The molecular weight excluding hydrogens is 198 g/mol. The van der Waals surface area contributed by atoms with E-state index in [1.165, 1.54) is 32.1 Å². The van der Waals surface area contributed by atoms with Gasteiger partial charge in [0.2, 0.25) is 0 Å². The van der Waals surface area contributed by atoms with Gasteiger partial charge in [0.15, 0.2) is 0 Å². The minimum absolute atomic E-state index is 0.442. The zero-order valence-corrected chi connectivity index (χ0v) is 10.3. The lowest BCUT2D eigenvalue weighted by atomic mass is 9.90. The van der Waals surface area contributed by atoms with Crippen molar-refractivity contribution in [2.24, 2.45) is 0 Å². The Balaban J connectivity index is 2.03. The van der Waals surface area contributed by atoms with Gasteiger partial charge in [-0.15, -0.1) is 0 Å². The van der Waals surface area contributed by atoms with E-state index in [4.69, 9.17) is 5.26 Å². The van der Waals surface area contributed by atoms with Crippen LogP contribution in [0.3, 0.4) is 0 Å². The molecule has 0 amide bonds. The largest absolute Gasteiger partial charge is 0.314 e. The number of hydrogen-bond acceptors (Lipinski definition) is 3. The van der Waals surface area contributed by atoms with Crippen molar-refractivity contribution in [3.05, 3.63) is 0 Å². The third kappa shape index (κ3) is 2.56. The number of nitrogens with zero attached hydrogens (tertiary/aromatic N) is 2. The van der Waals surface area contributed by atoms with Crippen molar-refractivity contribution >= 4 is 0 Å². The predicted octanol–water partition coefficient (Wildman–Crippen LogP) is 1.90. The van der Waals surface area contributed by atoms with Crippen molar-refractivity contribution in [2.75, 3.05) is 13.1 Å². The van der Waals surface area contributed by atoms with Crippen LogP contribution < -0.4 is 5.32 Å². The standard InChI is InChI=1S/C13H23N3/c1-11-9-15-10-13(7-8-14)16(11)12-5-3-2-4-6-12/h11-13,15H,2-7,9-10H2,1H3. The maximum absolute atomic E-state index is 8.92. The number of nitriles is 1. The second-order valence-corrected chi connectivity index (χ2v) is 5.26. The van der Waals surface area contributed by atoms with Crippen LogP contribution in [-0.2, 0) is 0 Å². The summed E-state index contributed by atoms with van der Waals surface area (Å²) >= 11 is 0. The van der Waals surface area contributed by atoms with E-state index in [9.17, 15) is 0 Å². The van der Waals surface area contributed by atoms with Gasteiger partial charge in [-0.25, -0.2) is 0 Å². The summed E-state index contributed by atoms with van der Waals surface area (Å²) in [6, 6.07) is 4.12. The van der Waals surface area contributed by atoms with Gasteiger partial charge >= 0.3 is 0 Å². The van der Waals surface area contributed by atoms with Crippen molar-refractivity contribution in [1.82, 2.24) is 10.2 Å². The molecule has 1 aliphatic heterocycles. The van der Waals surface area contributed by atoms with Gasteiger partial charge in [0.1, 0.15) is 0 Å². The first kappa shape index (κ1) is 11.9. The van der Waals surface area contributed by atoms with Crippen LogP contribution in [0.4, 0.5) is 0 Å². The third-order valence-corrected chi connectivity index (χ3v) is 4.07. The first-order valence-corrected chi connectivity index (χ1v) is 6.68. The molecular formula is C13H23N3. The van der Waals surface area contributed by atoms with E-state index in [0.717, 1.165) is 19.1 Å². The maximum atomic E-state index is 8.92. The van der Waals surface area contributed by atoms with Crippen LogP contribution >= 0.6 is 0 Å². The Morgan fingerprint density at radius 3 is 2.69 bits per heavy atom. The smallest absolute Gasteiger partial charge is 0.0638 e. The average Bonchev–Trinajstić information content (AvgIpc) is 2.31. The predicted molar refractivity (Wildman–Crippen MR) is 65.1 cm³/mol. The third-order valence-electron chi connectivity index (χ3n) is 4.07. The number of nitrogens with one attached hydrogen (secondary N) is 1. The quantitative estimate of drug-likeness (QED) is 0.774. The molecule has 0 aromatic rings. The molecule has 0 spiro atoms. The maximum Gasteiger partial charge on any atom is 0.0638 e. The zero-order chi connectivity index (χ0) is 11.4. The average molecular weight is 221 g/mol. The Morgan fingerprint density at radius 1 is 1.25 bits per heavy atom. The second-order valence-electron chi connectivity index (χ2n) is 5.26. The molecule has 1 aliphatic carbocycles. The molecule has 1 heterocycles. The highest BCUT2D eigenvalue weighted by Crippen LogP contribution is 2.27. The van der Waals surface area contributed by atoms with Crippen LogP contribution in [0.25, 0.3) is 0 Å². The van der Waals surface area contributed by atoms with Crippen LogP contribution in [0.15, 0.2) is 0 Å². The summed E-state index contributed by atoms with van der Waals surface area (Å²) in [6.07, 6.45) is 7.51. The van der Waals surface area contributed by atoms with Gasteiger partial charge in [0.25, 0.3) is 0 Å².